The molecule has 0 aromatic carbocycles. The summed E-state index contributed by atoms with van der Waals surface area (Å²) in [6.45, 7) is 6.56. The molecule has 0 N–H and O–H groups in total. The summed E-state index contributed by atoms with van der Waals surface area (Å²) in [4.78, 5) is 11.0. The van der Waals surface area contributed by atoms with Crippen molar-refractivity contribution in [3.8, 4) is 0 Å². The average Bonchev–Trinajstić information content (AvgIpc) is 2.59. The summed E-state index contributed by atoms with van der Waals surface area (Å²) < 4.78 is 0. The van der Waals surface area contributed by atoms with Crippen LogP contribution in [0.3, 0.4) is 0 Å². The average molecular weight is 194 g/mol. The summed E-state index contributed by atoms with van der Waals surface area (Å²) in [6, 6.07) is 0. The van der Waals surface area contributed by atoms with Crippen LogP contribution in [0.1, 0.15) is 52.9 Å². The Morgan fingerprint density at radius 1 is 1.36 bits per heavy atom. The summed E-state index contributed by atoms with van der Waals surface area (Å²) in [5.74, 6) is 3.08. The Kier molecular flexibility index (Phi) is 2.45. The number of fused-ring (bicyclic) bond motifs is 2. The van der Waals surface area contributed by atoms with Crippen molar-refractivity contribution in [3.63, 3.8) is 0 Å². The molecule has 80 valence electrons. The largest absolute Gasteiger partial charge is 0.300 e. The number of ketones is 1. The molecular weight excluding hydrogens is 172 g/mol. The number of rotatable bonds is 3. The minimum atomic E-state index is 0.364. The van der Waals surface area contributed by atoms with Gasteiger partial charge in [-0.3, -0.25) is 0 Å². The first kappa shape index (κ1) is 10.2. The third-order valence-corrected chi connectivity index (χ3v) is 4.86. The number of carbonyl (C=O) groups excluding carboxylic acids is 1. The highest BCUT2D eigenvalue weighted by molar-refractivity contribution is 5.75. The van der Waals surface area contributed by atoms with Crippen LogP contribution < -0.4 is 0 Å². The number of hydrogen-bond acceptors (Lipinski definition) is 1. The second-order valence-electron chi connectivity index (χ2n) is 5.94. The Bertz CT molecular complexity index is 242. The Labute approximate surface area is 87.3 Å². The van der Waals surface area contributed by atoms with E-state index in [-0.39, 0.29) is 0 Å². The molecule has 0 heterocycles. The van der Waals surface area contributed by atoms with Crippen molar-refractivity contribution in [2.75, 3.05) is 0 Å². The van der Waals surface area contributed by atoms with E-state index < -0.39 is 0 Å². The predicted molar refractivity (Wildman–Crippen MR) is 58.0 cm³/mol. The zero-order valence-electron chi connectivity index (χ0n) is 9.68. The first-order valence-electron chi connectivity index (χ1n) is 6.01. The van der Waals surface area contributed by atoms with Gasteiger partial charge >= 0.3 is 0 Å². The van der Waals surface area contributed by atoms with E-state index in [9.17, 15) is 4.79 Å². The van der Waals surface area contributed by atoms with Gasteiger partial charge in [-0.15, -0.1) is 0 Å². The molecule has 0 unspecified atom stereocenters. The standard InChI is InChI=1S/C13H22O/c1-9(14)4-7-12-10-5-6-11(8-10)13(12,2)3/h10-12H,4-8H2,1-3H3/t10-,11+,12+/m1/s1. The third kappa shape index (κ3) is 1.51. The van der Waals surface area contributed by atoms with E-state index in [1.807, 2.05) is 0 Å². The smallest absolute Gasteiger partial charge is 0.129 e. The minimum Gasteiger partial charge on any atom is -0.300 e. The molecule has 2 bridgehead atoms. The highest BCUT2D eigenvalue weighted by Gasteiger charge is 2.51. The Hall–Kier alpha value is -0.330. The van der Waals surface area contributed by atoms with Crippen molar-refractivity contribution in [2.24, 2.45) is 23.2 Å². The van der Waals surface area contributed by atoms with Crippen LogP contribution in [-0.2, 0) is 4.79 Å². The van der Waals surface area contributed by atoms with Crippen molar-refractivity contribution < 1.29 is 4.79 Å². The molecule has 0 spiro atoms. The maximum atomic E-state index is 11.0. The molecule has 3 atom stereocenters. The van der Waals surface area contributed by atoms with Crippen molar-refractivity contribution in [2.45, 2.75) is 52.9 Å². The lowest BCUT2D eigenvalue weighted by Gasteiger charge is -2.38. The van der Waals surface area contributed by atoms with Crippen LogP contribution in [0, 0.1) is 23.2 Å². The molecule has 0 radical (unpaired) electrons. The van der Waals surface area contributed by atoms with Crippen LogP contribution in [0.15, 0.2) is 0 Å². The monoisotopic (exact) mass is 194 g/mol. The fourth-order valence-corrected chi connectivity index (χ4v) is 3.93. The highest BCUT2D eigenvalue weighted by atomic mass is 16.1. The van der Waals surface area contributed by atoms with Gasteiger partial charge in [0, 0.05) is 6.42 Å². The first-order chi connectivity index (χ1) is 6.51. The molecule has 2 fully saturated rings. The van der Waals surface area contributed by atoms with Gasteiger partial charge in [0.1, 0.15) is 5.78 Å². The topological polar surface area (TPSA) is 17.1 Å². The molecule has 0 saturated heterocycles. The lowest BCUT2D eigenvalue weighted by atomic mass is 9.67. The Morgan fingerprint density at radius 2 is 2.07 bits per heavy atom. The van der Waals surface area contributed by atoms with E-state index in [2.05, 4.69) is 13.8 Å². The first-order valence-corrected chi connectivity index (χ1v) is 6.01. The Morgan fingerprint density at radius 3 is 2.57 bits per heavy atom. The van der Waals surface area contributed by atoms with Crippen molar-refractivity contribution in [3.05, 3.63) is 0 Å². The summed E-state index contributed by atoms with van der Waals surface area (Å²) in [5.41, 5.74) is 0.512. The molecule has 0 amide bonds. The normalized spacial score (nSPS) is 38.9. The van der Waals surface area contributed by atoms with E-state index >= 15 is 0 Å². The van der Waals surface area contributed by atoms with Crippen LogP contribution in [0.25, 0.3) is 0 Å². The van der Waals surface area contributed by atoms with Gasteiger partial charge in [0.25, 0.3) is 0 Å². The van der Waals surface area contributed by atoms with E-state index in [0.29, 0.717) is 11.2 Å². The molecule has 0 aliphatic heterocycles. The molecular formula is C13H22O. The second-order valence-corrected chi connectivity index (χ2v) is 5.94. The van der Waals surface area contributed by atoms with Gasteiger partial charge in [0.2, 0.25) is 0 Å². The third-order valence-electron chi connectivity index (χ3n) is 4.86. The van der Waals surface area contributed by atoms with E-state index in [1.165, 1.54) is 19.3 Å². The second kappa shape index (κ2) is 3.36. The zero-order chi connectivity index (χ0) is 10.3. The van der Waals surface area contributed by atoms with Gasteiger partial charge in [-0.05, 0) is 55.8 Å². The quantitative estimate of drug-likeness (QED) is 0.672. The summed E-state index contributed by atoms with van der Waals surface area (Å²) in [5, 5.41) is 0. The van der Waals surface area contributed by atoms with Crippen molar-refractivity contribution >= 4 is 5.78 Å². The minimum absolute atomic E-state index is 0.364. The summed E-state index contributed by atoms with van der Waals surface area (Å²) in [6.07, 6.45) is 6.25. The molecule has 14 heavy (non-hydrogen) atoms. The van der Waals surface area contributed by atoms with Crippen LogP contribution in [0.2, 0.25) is 0 Å². The van der Waals surface area contributed by atoms with E-state index in [0.717, 1.165) is 30.6 Å². The molecule has 1 heteroatoms. The van der Waals surface area contributed by atoms with Gasteiger partial charge in [-0.2, -0.15) is 0 Å². The summed E-state index contributed by atoms with van der Waals surface area (Å²) >= 11 is 0. The highest BCUT2D eigenvalue weighted by Crippen LogP contribution is 2.60. The molecule has 2 aliphatic carbocycles. The lowest BCUT2D eigenvalue weighted by Crippen LogP contribution is -2.30. The molecule has 1 nitrogen and oxygen atoms in total. The van der Waals surface area contributed by atoms with Gasteiger partial charge in [-0.1, -0.05) is 13.8 Å². The van der Waals surface area contributed by atoms with E-state index in [4.69, 9.17) is 0 Å². The predicted octanol–water partition coefficient (Wildman–Crippen LogP) is 3.43. The summed E-state index contributed by atoms with van der Waals surface area (Å²) in [7, 11) is 0. The molecule has 2 saturated carbocycles. The van der Waals surface area contributed by atoms with Crippen molar-refractivity contribution in [1.82, 2.24) is 0 Å². The van der Waals surface area contributed by atoms with Crippen LogP contribution in [0.5, 0.6) is 0 Å². The van der Waals surface area contributed by atoms with Gasteiger partial charge in [0.15, 0.2) is 0 Å². The Balaban J connectivity index is 2.01. The van der Waals surface area contributed by atoms with Gasteiger partial charge < -0.3 is 4.79 Å². The van der Waals surface area contributed by atoms with Crippen LogP contribution in [-0.4, -0.2) is 5.78 Å². The fraction of sp³-hybridized carbons (Fsp3) is 0.923. The SMILES string of the molecule is CC(=O)CC[C@H]1[C@@H]2CC[C@@H](C2)C1(C)C. The maximum Gasteiger partial charge on any atom is 0.129 e. The number of Topliss-reactive ketones (excluding diaryl/α,β-unsaturated/α-hetero) is 1. The van der Waals surface area contributed by atoms with Gasteiger partial charge in [-0.25, -0.2) is 0 Å². The molecule has 0 aromatic heterocycles. The number of hydrogen-bond donors (Lipinski definition) is 0. The molecule has 2 rings (SSSR count). The lowest BCUT2D eigenvalue weighted by molar-refractivity contribution is -0.117. The number of carbonyl (C=O) groups is 1. The van der Waals surface area contributed by atoms with Crippen LogP contribution in [0.4, 0.5) is 0 Å². The zero-order valence-corrected chi connectivity index (χ0v) is 9.68. The van der Waals surface area contributed by atoms with Crippen LogP contribution >= 0.6 is 0 Å². The van der Waals surface area contributed by atoms with Crippen molar-refractivity contribution in [1.29, 1.82) is 0 Å². The fourth-order valence-electron chi connectivity index (χ4n) is 3.93. The maximum absolute atomic E-state index is 11.0. The molecule has 0 aromatic rings. The molecule has 2 aliphatic rings. The van der Waals surface area contributed by atoms with E-state index in [1.54, 1.807) is 6.92 Å². The van der Waals surface area contributed by atoms with Gasteiger partial charge in [0.05, 0.1) is 0 Å².